The predicted octanol–water partition coefficient (Wildman–Crippen LogP) is 2.20. The highest BCUT2D eigenvalue weighted by Gasteiger charge is 2.20. The second-order valence-corrected chi connectivity index (χ2v) is 4.75. The molecule has 5 heteroatoms. The van der Waals surface area contributed by atoms with E-state index in [1.165, 1.54) is 0 Å². The number of nitriles is 1. The maximum atomic E-state index is 8.80. The smallest absolute Gasteiger partial charge is 0.134 e. The van der Waals surface area contributed by atoms with Crippen LogP contribution in [0.5, 0.6) is 0 Å². The van der Waals surface area contributed by atoms with Gasteiger partial charge in [0.25, 0.3) is 0 Å². The number of aromatic nitrogens is 2. The van der Waals surface area contributed by atoms with Crippen molar-refractivity contribution in [2.24, 2.45) is 5.92 Å². The molecule has 0 spiro atoms. The maximum absolute atomic E-state index is 8.80. The van der Waals surface area contributed by atoms with Gasteiger partial charge in [-0.3, -0.25) is 0 Å². The summed E-state index contributed by atoms with van der Waals surface area (Å²) in [5.41, 5.74) is 0. The average Bonchev–Trinajstić information content (AvgIpc) is 2.46. The minimum absolute atomic E-state index is 0.457. The molecule has 0 bridgehead atoms. The van der Waals surface area contributed by atoms with Gasteiger partial charge in [-0.2, -0.15) is 5.26 Å². The first-order chi connectivity index (χ1) is 9.33. The summed E-state index contributed by atoms with van der Waals surface area (Å²) >= 11 is 0. The second-order valence-electron chi connectivity index (χ2n) is 4.75. The second kappa shape index (κ2) is 6.74. The molecule has 1 saturated heterocycles. The molecule has 1 aromatic rings. The number of piperidine rings is 1. The standard InChI is InChI=1S/C14H19N5/c1-2-7-16-13-9-14(18-11-17-13)19-8-3-4-12(10-19)5-6-15/h2,9,11-12H,1,3-5,7-8,10H2,(H,16,17,18). The van der Waals surface area contributed by atoms with Crippen molar-refractivity contribution in [3.63, 3.8) is 0 Å². The number of nitrogens with zero attached hydrogens (tertiary/aromatic N) is 4. The Labute approximate surface area is 114 Å². The lowest BCUT2D eigenvalue weighted by atomic mass is 9.95. The van der Waals surface area contributed by atoms with Crippen molar-refractivity contribution in [3.05, 3.63) is 25.0 Å². The molecule has 2 heterocycles. The molecule has 1 N–H and O–H groups in total. The van der Waals surface area contributed by atoms with Gasteiger partial charge in [-0.15, -0.1) is 6.58 Å². The number of hydrogen-bond donors (Lipinski definition) is 1. The van der Waals surface area contributed by atoms with Crippen molar-refractivity contribution in [2.75, 3.05) is 29.9 Å². The van der Waals surface area contributed by atoms with Crippen LogP contribution in [0.15, 0.2) is 25.0 Å². The molecule has 0 aliphatic carbocycles. The molecule has 0 radical (unpaired) electrons. The van der Waals surface area contributed by atoms with Gasteiger partial charge in [0.1, 0.15) is 18.0 Å². The van der Waals surface area contributed by atoms with Crippen LogP contribution in [0.1, 0.15) is 19.3 Å². The first kappa shape index (κ1) is 13.3. The lowest BCUT2D eigenvalue weighted by Crippen LogP contribution is -2.35. The van der Waals surface area contributed by atoms with E-state index in [9.17, 15) is 0 Å². The van der Waals surface area contributed by atoms with E-state index in [0.29, 0.717) is 18.9 Å². The molecule has 1 aliphatic heterocycles. The number of anilines is 2. The zero-order valence-electron chi connectivity index (χ0n) is 11.0. The summed E-state index contributed by atoms with van der Waals surface area (Å²) in [6.45, 7) is 6.27. The van der Waals surface area contributed by atoms with Crippen LogP contribution in [-0.2, 0) is 0 Å². The first-order valence-electron chi connectivity index (χ1n) is 6.62. The van der Waals surface area contributed by atoms with E-state index in [1.54, 1.807) is 12.4 Å². The van der Waals surface area contributed by atoms with E-state index >= 15 is 0 Å². The topological polar surface area (TPSA) is 64.8 Å². The van der Waals surface area contributed by atoms with Crippen LogP contribution in [0.4, 0.5) is 11.6 Å². The third-order valence-corrected chi connectivity index (χ3v) is 3.30. The van der Waals surface area contributed by atoms with E-state index < -0.39 is 0 Å². The van der Waals surface area contributed by atoms with Crippen molar-refractivity contribution in [1.29, 1.82) is 5.26 Å². The quantitative estimate of drug-likeness (QED) is 0.819. The van der Waals surface area contributed by atoms with Crippen LogP contribution in [0, 0.1) is 17.2 Å². The monoisotopic (exact) mass is 257 g/mol. The summed E-state index contributed by atoms with van der Waals surface area (Å²) in [6.07, 6.45) is 6.26. The van der Waals surface area contributed by atoms with Crippen molar-refractivity contribution in [2.45, 2.75) is 19.3 Å². The van der Waals surface area contributed by atoms with Crippen molar-refractivity contribution < 1.29 is 0 Å². The van der Waals surface area contributed by atoms with E-state index in [1.807, 2.05) is 6.07 Å². The zero-order valence-corrected chi connectivity index (χ0v) is 11.0. The Balaban J connectivity index is 2.04. The molecular formula is C14H19N5. The summed E-state index contributed by atoms with van der Waals surface area (Å²) < 4.78 is 0. The van der Waals surface area contributed by atoms with Crippen LogP contribution in [0.3, 0.4) is 0 Å². The Morgan fingerprint density at radius 1 is 1.58 bits per heavy atom. The normalized spacial score (nSPS) is 18.7. The summed E-state index contributed by atoms with van der Waals surface area (Å²) in [7, 11) is 0. The van der Waals surface area contributed by atoms with Crippen LogP contribution < -0.4 is 10.2 Å². The van der Waals surface area contributed by atoms with Gasteiger partial charge in [0.15, 0.2) is 0 Å². The highest BCUT2D eigenvalue weighted by molar-refractivity contribution is 5.48. The predicted molar refractivity (Wildman–Crippen MR) is 75.9 cm³/mol. The molecular weight excluding hydrogens is 238 g/mol. The Morgan fingerprint density at radius 2 is 2.47 bits per heavy atom. The lowest BCUT2D eigenvalue weighted by molar-refractivity contribution is 0.420. The average molecular weight is 257 g/mol. The van der Waals surface area contributed by atoms with Gasteiger partial charge in [-0.05, 0) is 18.8 Å². The van der Waals surface area contributed by atoms with E-state index in [0.717, 1.165) is 37.6 Å². The molecule has 100 valence electrons. The summed E-state index contributed by atoms with van der Waals surface area (Å²) in [6, 6.07) is 4.22. The van der Waals surface area contributed by atoms with Gasteiger partial charge < -0.3 is 10.2 Å². The minimum Gasteiger partial charge on any atom is -0.366 e. The Hall–Kier alpha value is -2.09. The Kier molecular flexibility index (Phi) is 4.73. The third-order valence-electron chi connectivity index (χ3n) is 3.30. The summed E-state index contributed by atoms with van der Waals surface area (Å²) in [4.78, 5) is 10.8. The molecule has 1 fully saturated rings. The fraction of sp³-hybridized carbons (Fsp3) is 0.500. The van der Waals surface area contributed by atoms with Crippen LogP contribution >= 0.6 is 0 Å². The molecule has 0 aromatic carbocycles. The third kappa shape index (κ3) is 3.68. The van der Waals surface area contributed by atoms with E-state index in [-0.39, 0.29) is 0 Å². The molecule has 2 rings (SSSR count). The lowest BCUT2D eigenvalue weighted by Gasteiger charge is -2.32. The number of hydrogen-bond acceptors (Lipinski definition) is 5. The largest absolute Gasteiger partial charge is 0.366 e. The van der Waals surface area contributed by atoms with Crippen molar-refractivity contribution >= 4 is 11.6 Å². The number of nitrogens with one attached hydrogen (secondary N) is 1. The van der Waals surface area contributed by atoms with Crippen LogP contribution in [0.2, 0.25) is 0 Å². The molecule has 0 saturated carbocycles. The molecule has 1 aromatic heterocycles. The first-order valence-corrected chi connectivity index (χ1v) is 6.62. The molecule has 1 atom stereocenters. The molecule has 0 amide bonds. The van der Waals surface area contributed by atoms with Gasteiger partial charge >= 0.3 is 0 Å². The van der Waals surface area contributed by atoms with Gasteiger partial charge in [-0.1, -0.05) is 6.08 Å². The van der Waals surface area contributed by atoms with Gasteiger partial charge in [-0.25, -0.2) is 9.97 Å². The molecule has 1 aliphatic rings. The van der Waals surface area contributed by atoms with Gasteiger partial charge in [0, 0.05) is 32.1 Å². The Morgan fingerprint density at radius 3 is 3.26 bits per heavy atom. The SMILES string of the molecule is C=CCNc1cc(N2CCCC(CC#N)C2)ncn1. The van der Waals surface area contributed by atoms with Crippen molar-refractivity contribution in [3.8, 4) is 6.07 Å². The fourth-order valence-electron chi connectivity index (χ4n) is 2.36. The zero-order chi connectivity index (χ0) is 13.5. The summed E-state index contributed by atoms with van der Waals surface area (Å²) in [5, 5.41) is 12.0. The number of rotatable bonds is 5. The molecule has 19 heavy (non-hydrogen) atoms. The summed E-state index contributed by atoms with van der Waals surface area (Å²) in [5.74, 6) is 2.20. The van der Waals surface area contributed by atoms with E-state index in [4.69, 9.17) is 5.26 Å². The highest BCUT2D eigenvalue weighted by atomic mass is 15.2. The van der Waals surface area contributed by atoms with Crippen LogP contribution in [0.25, 0.3) is 0 Å². The minimum atomic E-state index is 0.457. The molecule has 1 unspecified atom stereocenters. The highest BCUT2D eigenvalue weighted by Crippen LogP contribution is 2.24. The van der Waals surface area contributed by atoms with Crippen LogP contribution in [-0.4, -0.2) is 29.6 Å². The van der Waals surface area contributed by atoms with E-state index in [2.05, 4.69) is 32.8 Å². The van der Waals surface area contributed by atoms with Gasteiger partial charge in [0.05, 0.1) is 6.07 Å². The van der Waals surface area contributed by atoms with Crippen molar-refractivity contribution in [1.82, 2.24) is 9.97 Å². The van der Waals surface area contributed by atoms with Gasteiger partial charge in [0.2, 0.25) is 0 Å². The fourth-order valence-corrected chi connectivity index (χ4v) is 2.36. The maximum Gasteiger partial charge on any atom is 0.134 e. The Bertz CT molecular complexity index is 465. The molecule has 5 nitrogen and oxygen atoms in total.